The Morgan fingerprint density at radius 1 is 1.31 bits per heavy atom. The SMILES string of the molecule is CCOC(=O)c1c(C)oc(NC(=O)CN[C@H](C)c2ccco2)c1C(N)=O. The van der Waals surface area contributed by atoms with Gasteiger partial charge in [0.15, 0.2) is 0 Å². The van der Waals surface area contributed by atoms with Crippen LogP contribution in [0, 0.1) is 6.92 Å². The monoisotopic (exact) mass is 363 g/mol. The van der Waals surface area contributed by atoms with E-state index in [1.54, 1.807) is 19.1 Å². The number of primary amides is 1. The van der Waals surface area contributed by atoms with Gasteiger partial charge in [0, 0.05) is 0 Å². The van der Waals surface area contributed by atoms with Crippen molar-refractivity contribution in [1.82, 2.24) is 5.32 Å². The quantitative estimate of drug-likeness (QED) is 0.608. The normalized spacial score (nSPS) is 11.8. The van der Waals surface area contributed by atoms with Crippen LogP contribution in [0.4, 0.5) is 5.88 Å². The van der Waals surface area contributed by atoms with Gasteiger partial charge in [0.25, 0.3) is 5.91 Å². The zero-order valence-electron chi connectivity index (χ0n) is 14.8. The molecule has 2 heterocycles. The lowest BCUT2D eigenvalue weighted by atomic mass is 10.1. The average molecular weight is 363 g/mol. The zero-order chi connectivity index (χ0) is 19.3. The number of hydrogen-bond donors (Lipinski definition) is 3. The fourth-order valence-corrected chi connectivity index (χ4v) is 2.37. The van der Waals surface area contributed by atoms with Crippen molar-refractivity contribution < 1.29 is 28.0 Å². The van der Waals surface area contributed by atoms with Crippen molar-refractivity contribution in [1.29, 1.82) is 0 Å². The molecule has 9 heteroatoms. The molecule has 26 heavy (non-hydrogen) atoms. The van der Waals surface area contributed by atoms with Crippen molar-refractivity contribution in [2.24, 2.45) is 5.73 Å². The third-order valence-electron chi connectivity index (χ3n) is 3.60. The summed E-state index contributed by atoms with van der Waals surface area (Å²) in [5, 5.41) is 5.41. The molecule has 4 N–H and O–H groups in total. The van der Waals surface area contributed by atoms with Gasteiger partial charge >= 0.3 is 5.97 Å². The topological polar surface area (TPSA) is 137 Å². The van der Waals surface area contributed by atoms with E-state index in [-0.39, 0.29) is 42.0 Å². The van der Waals surface area contributed by atoms with E-state index >= 15 is 0 Å². The number of carbonyl (C=O) groups excluding carboxylic acids is 3. The first-order valence-corrected chi connectivity index (χ1v) is 8.02. The van der Waals surface area contributed by atoms with Crippen LogP contribution in [0.25, 0.3) is 0 Å². The number of amides is 2. The predicted molar refractivity (Wildman–Crippen MR) is 91.7 cm³/mol. The fourth-order valence-electron chi connectivity index (χ4n) is 2.37. The van der Waals surface area contributed by atoms with Gasteiger partial charge in [-0.15, -0.1) is 0 Å². The minimum Gasteiger partial charge on any atom is -0.468 e. The van der Waals surface area contributed by atoms with E-state index in [0.29, 0.717) is 5.76 Å². The molecule has 0 saturated heterocycles. The van der Waals surface area contributed by atoms with Gasteiger partial charge < -0.3 is 19.3 Å². The fraction of sp³-hybridized carbons (Fsp3) is 0.353. The number of rotatable bonds is 8. The summed E-state index contributed by atoms with van der Waals surface area (Å²) >= 11 is 0. The molecule has 2 aromatic rings. The van der Waals surface area contributed by atoms with E-state index in [9.17, 15) is 14.4 Å². The number of esters is 1. The van der Waals surface area contributed by atoms with Crippen LogP contribution in [0.1, 0.15) is 52.1 Å². The molecule has 140 valence electrons. The van der Waals surface area contributed by atoms with Crippen LogP contribution in [0.2, 0.25) is 0 Å². The minimum absolute atomic E-state index is 0.0748. The number of nitrogens with one attached hydrogen (secondary N) is 2. The average Bonchev–Trinajstić information content (AvgIpc) is 3.20. The van der Waals surface area contributed by atoms with Gasteiger partial charge in [0.1, 0.15) is 22.6 Å². The Hall–Kier alpha value is -3.07. The molecule has 0 aliphatic heterocycles. The van der Waals surface area contributed by atoms with E-state index in [1.165, 1.54) is 13.2 Å². The van der Waals surface area contributed by atoms with E-state index in [1.807, 2.05) is 6.92 Å². The van der Waals surface area contributed by atoms with E-state index < -0.39 is 17.8 Å². The van der Waals surface area contributed by atoms with Crippen molar-refractivity contribution in [3.63, 3.8) is 0 Å². The molecule has 0 saturated carbocycles. The van der Waals surface area contributed by atoms with Crippen molar-refractivity contribution in [3.05, 3.63) is 41.0 Å². The molecule has 0 aromatic carbocycles. The molecule has 2 amide bonds. The predicted octanol–water partition coefficient (Wildman–Crippen LogP) is 1.75. The van der Waals surface area contributed by atoms with Gasteiger partial charge in [-0.1, -0.05) is 0 Å². The second-order valence-electron chi connectivity index (χ2n) is 5.49. The number of ether oxygens (including phenoxy) is 1. The van der Waals surface area contributed by atoms with Crippen molar-refractivity contribution >= 4 is 23.7 Å². The zero-order valence-corrected chi connectivity index (χ0v) is 14.8. The van der Waals surface area contributed by atoms with E-state index in [2.05, 4.69) is 10.6 Å². The number of aryl methyl sites for hydroxylation is 1. The molecule has 0 aliphatic rings. The first kappa shape index (κ1) is 19.3. The first-order chi connectivity index (χ1) is 12.3. The summed E-state index contributed by atoms with van der Waals surface area (Å²) in [5.41, 5.74) is 5.03. The van der Waals surface area contributed by atoms with Crippen LogP contribution in [0.15, 0.2) is 27.2 Å². The Labute approximate surface area is 149 Å². The maximum atomic E-state index is 12.1. The summed E-state index contributed by atoms with van der Waals surface area (Å²) in [6, 6.07) is 3.33. The molecule has 1 atom stereocenters. The third-order valence-corrected chi connectivity index (χ3v) is 3.60. The maximum absolute atomic E-state index is 12.1. The van der Waals surface area contributed by atoms with Crippen LogP contribution in [0.3, 0.4) is 0 Å². The van der Waals surface area contributed by atoms with Crippen molar-refractivity contribution in [2.45, 2.75) is 26.8 Å². The molecular formula is C17H21N3O6. The first-order valence-electron chi connectivity index (χ1n) is 8.02. The molecule has 0 radical (unpaired) electrons. The van der Waals surface area contributed by atoms with Gasteiger partial charge in [-0.3, -0.25) is 20.2 Å². The summed E-state index contributed by atoms with van der Waals surface area (Å²) in [6.45, 7) is 4.99. The molecule has 2 aromatic heterocycles. The van der Waals surface area contributed by atoms with Crippen LogP contribution < -0.4 is 16.4 Å². The molecule has 0 spiro atoms. The number of anilines is 1. The summed E-state index contributed by atoms with van der Waals surface area (Å²) in [5.74, 6) is -1.51. The standard InChI is InChI=1S/C17H21N3O6/c1-4-24-17(23)13-10(3)26-16(14(13)15(18)22)20-12(21)8-19-9(2)11-6-5-7-25-11/h5-7,9,19H,4,8H2,1-3H3,(H2,18,22)(H,20,21)/t9-/m1/s1. The summed E-state index contributed by atoms with van der Waals surface area (Å²) < 4.78 is 15.5. The van der Waals surface area contributed by atoms with Crippen molar-refractivity contribution in [2.75, 3.05) is 18.5 Å². The van der Waals surface area contributed by atoms with Gasteiger partial charge in [-0.25, -0.2) is 4.79 Å². The molecule has 0 aliphatic carbocycles. The lowest BCUT2D eigenvalue weighted by Crippen LogP contribution is -2.30. The van der Waals surface area contributed by atoms with Gasteiger partial charge in [0.05, 0.1) is 25.5 Å². The number of hydrogen-bond acceptors (Lipinski definition) is 7. The largest absolute Gasteiger partial charge is 0.468 e. The maximum Gasteiger partial charge on any atom is 0.342 e. The molecule has 0 fully saturated rings. The van der Waals surface area contributed by atoms with Crippen LogP contribution in [-0.4, -0.2) is 30.9 Å². The van der Waals surface area contributed by atoms with E-state index in [4.69, 9.17) is 19.3 Å². The minimum atomic E-state index is -0.905. The second kappa shape index (κ2) is 8.34. The van der Waals surface area contributed by atoms with Gasteiger partial charge in [-0.05, 0) is 32.9 Å². The number of carbonyl (C=O) groups is 3. The van der Waals surface area contributed by atoms with Crippen molar-refractivity contribution in [3.8, 4) is 0 Å². The Morgan fingerprint density at radius 2 is 2.04 bits per heavy atom. The third kappa shape index (κ3) is 4.31. The highest BCUT2D eigenvalue weighted by Crippen LogP contribution is 2.27. The highest BCUT2D eigenvalue weighted by atomic mass is 16.5. The smallest absolute Gasteiger partial charge is 0.342 e. The summed E-state index contributed by atoms with van der Waals surface area (Å²) in [4.78, 5) is 35.9. The highest BCUT2D eigenvalue weighted by molar-refractivity contribution is 6.10. The number of nitrogens with two attached hydrogens (primary N) is 1. The van der Waals surface area contributed by atoms with Gasteiger partial charge in [0.2, 0.25) is 11.8 Å². The number of furan rings is 2. The Bertz CT molecular complexity index is 794. The Kier molecular flexibility index (Phi) is 6.18. The Morgan fingerprint density at radius 3 is 2.62 bits per heavy atom. The van der Waals surface area contributed by atoms with Crippen LogP contribution in [0.5, 0.6) is 0 Å². The molecular weight excluding hydrogens is 342 g/mol. The van der Waals surface area contributed by atoms with Gasteiger partial charge in [-0.2, -0.15) is 0 Å². The summed E-state index contributed by atoms with van der Waals surface area (Å²) in [7, 11) is 0. The molecule has 2 rings (SSSR count). The van der Waals surface area contributed by atoms with Crippen LogP contribution in [-0.2, 0) is 9.53 Å². The van der Waals surface area contributed by atoms with E-state index in [0.717, 1.165) is 0 Å². The Balaban J connectivity index is 2.10. The molecule has 9 nitrogen and oxygen atoms in total. The molecule has 0 unspecified atom stereocenters. The van der Waals surface area contributed by atoms with Crippen LogP contribution >= 0.6 is 0 Å². The lowest BCUT2D eigenvalue weighted by molar-refractivity contribution is -0.115. The lowest BCUT2D eigenvalue weighted by Gasteiger charge is -2.11. The summed E-state index contributed by atoms with van der Waals surface area (Å²) in [6.07, 6.45) is 1.54. The second-order valence-corrected chi connectivity index (χ2v) is 5.49. The highest BCUT2D eigenvalue weighted by Gasteiger charge is 2.29. The molecule has 0 bridgehead atoms.